The van der Waals surface area contributed by atoms with Gasteiger partial charge < -0.3 is 9.64 Å². The summed E-state index contributed by atoms with van der Waals surface area (Å²) in [4.78, 5) is 2.37. The van der Waals surface area contributed by atoms with E-state index in [0.717, 1.165) is 25.1 Å². The van der Waals surface area contributed by atoms with Gasteiger partial charge in [0.1, 0.15) is 5.75 Å². The van der Waals surface area contributed by atoms with E-state index in [9.17, 15) is 0 Å². The van der Waals surface area contributed by atoms with E-state index in [1.165, 1.54) is 11.1 Å². The number of likely N-dealkylation sites (N-methyl/N-ethyl adjacent to an activating group) is 1. The lowest BCUT2D eigenvalue weighted by Gasteiger charge is -2.25. The molecule has 108 valence electrons. The molecule has 4 nitrogen and oxygen atoms in total. The summed E-state index contributed by atoms with van der Waals surface area (Å²) >= 11 is 0. The van der Waals surface area contributed by atoms with Gasteiger partial charge >= 0.3 is 0 Å². The van der Waals surface area contributed by atoms with Crippen molar-refractivity contribution in [3.05, 3.63) is 47.8 Å². The van der Waals surface area contributed by atoms with Crippen LogP contribution in [0.15, 0.2) is 36.7 Å². The predicted octanol–water partition coefficient (Wildman–Crippen LogP) is 2.52. The first-order chi connectivity index (χ1) is 9.70. The first-order valence-corrected chi connectivity index (χ1v) is 7.00. The van der Waals surface area contributed by atoms with Gasteiger partial charge in [-0.05, 0) is 44.0 Å². The van der Waals surface area contributed by atoms with E-state index in [4.69, 9.17) is 4.74 Å². The van der Waals surface area contributed by atoms with E-state index in [-0.39, 0.29) is 0 Å². The second-order valence-corrected chi connectivity index (χ2v) is 5.20. The first-order valence-electron chi connectivity index (χ1n) is 7.00. The molecular formula is C16H23N3O. The van der Waals surface area contributed by atoms with Gasteiger partial charge in [-0.2, -0.15) is 5.10 Å². The Kier molecular flexibility index (Phi) is 5.18. The lowest BCUT2D eigenvalue weighted by Crippen LogP contribution is -2.32. The van der Waals surface area contributed by atoms with Crippen molar-refractivity contribution in [3.8, 4) is 5.75 Å². The fourth-order valence-corrected chi connectivity index (χ4v) is 2.29. The van der Waals surface area contributed by atoms with Crippen molar-refractivity contribution in [2.75, 3.05) is 20.7 Å². The number of aromatic amines is 1. The van der Waals surface area contributed by atoms with Crippen LogP contribution in [0.4, 0.5) is 0 Å². The monoisotopic (exact) mass is 273 g/mol. The number of benzene rings is 1. The van der Waals surface area contributed by atoms with Crippen molar-refractivity contribution in [2.24, 2.45) is 0 Å². The lowest BCUT2D eigenvalue weighted by molar-refractivity contribution is 0.257. The van der Waals surface area contributed by atoms with Gasteiger partial charge in [-0.15, -0.1) is 0 Å². The van der Waals surface area contributed by atoms with E-state index in [1.807, 2.05) is 24.5 Å². The van der Waals surface area contributed by atoms with Gasteiger partial charge in [0.05, 0.1) is 13.3 Å². The number of nitrogens with zero attached hydrogens (tertiary/aromatic N) is 2. The molecule has 0 aliphatic rings. The Hall–Kier alpha value is -1.81. The summed E-state index contributed by atoms with van der Waals surface area (Å²) in [6, 6.07) is 8.71. The number of para-hydroxylation sites is 1. The highest BCUT2D eigenvalue weighted by Gasteiger charge is 2.12. The van der Waals surface area contributed by atoms with Crippen LogP contribution in [0, 0.1) is 0 Å². The molecule has 1 heterocycles. The van der Waals surface area contributed by atoms with Crippen LogP contribution in [0.5, 0.6) is 5.75 Å². The van der Waals surface area contributed by atoms with Crippen LogP contribution < -0.4 is 4.74 Å². The van der Waals surface area contributed by atoms with E-state index >= 15 is 0 Å². The largest absolute Gasteiger partial charge is 0.496 e. The summed E-state index contributed by atoms with van der Waals surface area (Å²) in [5.41, 5.74) is 2.51. The number of aromatic nitrogens is 2. The number of methoxy groups -OCH3 is 1. The van der Waals surface area contributed by atoms with Crippen LogP contribution in [0.2, 0.25) is 0 Å². The topological polar surface area (TPSA) is 41.1 Å². The quantitative estimate of drug-likeness (QED) is 0.843. The normalized spacial score (nSPS) is 12.6. The minimum atomic E-state index is 0.471. The fourth-order valence-electron chi connectivity index (χ4n) is 2.29. The SMILES string of the molecule is COc1ccccc1C[C@@H](C)N(C)CCc1cn[nH]c1. The molecule has 0 fully saturated rings. The maximum Gasteiger partial charge on any atom is 0.122 e. The Bertz CT molecular complexity index is 510. The van der Waals surface area contributed by atoms with Gasteiger partial charge in [0.2, 0.25) is 0 Å². The minimum absolute atomic E-state index is 0.471. The predicted molar refractivity (Wildman–Crippen MR) is 81.1 cm³/mol. The van der Waals surface area contributed by atoms with Gasteiger partial charge in [0, 0.05) is 18.8 Å². The summed E-state index contributed by atoms with van der Waals surface area (Å²) in [7, 11) is 3.90. The molecule has 1 aromatic carbocycles. The molecule has 1 atom stereocenters. The zero-order valence-electron chi connectivity index (χ0n) is 12.5. The first kappa shape index (κ1) is 14.6. The van der Waals surface area contributed by atoms with Crippen LogP contribution >= 0.6 is 0 Å². The zero-order valence-corrected chi connectivity index (χ0v) is 12.5. The standard InChI is InChI=1S/C16H23N3O/c1-13(10-15-6-4-5-7-16(15)20-3)19(2)9-8-14-11-17-18-12-14/h4-7,11-13H,8-10H2,1-3H3,(H,17,18)/t13-/m1/s1. The van der Waals surface area contributed by atoms with Crippen molar-refractivity contribution in [1.29, 1.82) is 0 Å². The molecule has 0 unspecified atom stereocenters. The van der Waals surface area contributed by atoms with Crippen LogP contribution in [0.3, 0.4) is 0 Å². The summed E-state index contributed by atoms with van der Waals surface area (Å²) in [6.45, 7) is 3.28. The second-order valence-electron chi connectivity index (χ2n) is 5.20. The number of ether oxygens (including phenoxy) is 1. The highest BCUT2D eigenvalue weighted by atomic mass is 16.5. The summed E-state index contributed by atoms with van der Waals surface area (Å²) in [5.74, 6) is 0.975. The average Bonchev–Trinajstić information content (AvgIpc) is 2.98. The van der Waals surface area contributed by atoms with Crippen LogP contribution in [-0.2, 0) is 12.8 Å². The van der Waals surface area contributed by atoms with E-state index in [2.05, 4.69) is 41.2 Å². The van der Waals surface area contributed by atoms with Crippen molar-refractivity contribution in [2.45, 2.75) is 25.8 Å². The van der Waals surface area contributed by atoms with E-state index < -0.39 is 0 Å². The number of hydrogen-bond donors (Lipinski definition) is 1. The molecule has 2 aromatic rings. The Morgan fingerprint density at radius 3 is 2.85 bits per heavy atom. The van der Waals surface area contributed by atoms with Gasteiger partial charge in [0.15, 0.2) is 0 Å². The summed E-state index contributed by atoms with van der Waals surface area (Å²) in [6.07, 6.45) is 5.85. The Morgan fingerprint density at radius 2 is 2.15 bits per heavy atom. The van der Waals surface area contributed by atoms with Crippen molar-refractivity contribution in [3.63, 3.8) is 0 Å². The van der Waals surface area contributed by atoms with Gasteiger partial charge in [-0.25, -0.2) is 0 Å². The summed E-state index contributed by atoms with van der Waals surface area (Å²) < 4.78 is 5.41. The highest BCUT2D eigenvalue weighted by molar-refractivity contribution is 5.33. The minimum Gasteiger partial charge on any atom is -0.496 e. The third-order valence-corrected chi connectivity index (χ3v) is 3.77. The molecule has 0 saturated carbocycles. The zero-order chi connectivity index (χ0) is 14.4. The molecule has 20 heavy (non-hydrogen) atoms. The molecule has 2 rings (SSSR count). The molecular weight excluding hydrogens is 250 g/mol. The van der Waals surface area contributed by atoms with Crippen molar-refractivity contribution >= 4 is 0 Å². The molecule has 1 N–H and O–H groups in total. The second kappa shape index (κ2) is 7.10. The van der Waals surface area contributed by atoms with Gasteiger partial charge in [-0.3, -0.25) is 5.10 Å². The van der Waals surface area contributed by atoms with Crippen molar-refractivity contribution < 1.29 is 4.74 Å². The third kappa shape index (κ3) is 3.84. The highest BCUT2D eigenvalue weighted by Crippen LogP contribution is 2.20. The maximum atomic E-state index is 5.41. The van der Waals surface area contributed by atoms with Crippen LogP contribution in [0.25, 0.3) is 0 Å². The molecule has 0 aliphatic carbocycles. The molecule has 0 bridgehead atoms. The van der Waals surface area contributed by atoms with Crippen LogP contribution in [-0.4, -0.2) is 41.8 Å². The fraction of sp³-hybridized carbons (Fsp3) is 0.438. The number of nitrogens with one attached hydrogen (secondary N) is 1. The van der Waals surface area contributed by atoms with E-state index in [1.54, 1.807) is 7.11 Å². The lowest BCUT2D eigenvalue weighted by atomic mass is 10.0. The molecule has 0 spiro atoms. The van der Waals surface area contributed by atoms with Gasteiger partial charge in [0.25, 0.3) is 0 Å². The summed E-state index contributed by atoms with van der Waals surface area (Å²) in [5, 5.41) is 6.83. The Balaban J connectivity index is 1.88. The molecule has 0 radical (unpaired) electrons. The number of H-pyrrole nitrogens is 1. The average molecular weight is 273 g/mol. The smallest absolute Gasteiger partial charge is 0.122 e. The molecule has 0 aliphatic heterocycles. The molecule has 4 heteroatoms. The Labute approximate surface area is 120 Å². The molecule has 1 aromatic heterocycles. The maximum absolute atomic E-state index is 5.41. The van der Waals surface area contributed by atoms with Crippen LogP contribution in [0.1, 0.15) is 18.1 Å². The number of hydrogen-bond acceptors (Lipinski definition) is 3. The van der Waals surface area contributed by atoms with E-state index in [0.29, 0.717) is 6.04 Å². The third-order valence-electron chi connectivity index (χ3n) is 3.77. The van der Waals surface area contributed by atoms with Gasteiger partial charge in [-0.1, -0.05) is 18.2 Å². The number of rotatable bonds is 7. The molecule has 0 amide bonds. The Morgan fingerprint density at radius 1 is 1.35 bits per heavy atom. The van der Waals surface area contributed by atoms with Crippen molar-refractivity contribution in [1.82, 2.24) is 15.1 Å². The molecule has 0 saturated heterocycles.